The number of thioether (sulfide) groups is 1. The Balaban J connectivity index is 4.25. The van der Waals surface area contributed by atoms with Crippen molar-refractivity contribution in [3.8, 4) is 0 Å². The highest BCUT2D eigenvalue weighted by Gasteiger charge is 2.32. The maximum Gasteiger partial charge on any atom is 0.324 e. The minimum absolute atomic E-state index is 0.193. The maximum absolute atomic E-state index is 11.0. The summed E-state index contributed by atoms with van der Waals surface area (Å²) in [6, 6.07) is 0.193. The molecule has 1 atom stereocenters. The molecule has 0 rings (SSSR count). The first kappa shape index (κ1) is 12.8. The van der Waals surface area contributed by atoms with Crippen LogP contribution in [0.5, 0.6) is 0 Å². The highest BCUT2D eigenvalue weighted by atomic mass is 32.2. The van der Waals surface area contributed by atoms with Gasteiger partial charge in [-0.15, -0.1) is 0 Å². The van der Waals surface area contributed by atoms with E-state index in [1.54, 1.807) is 18.7 Å². The van der Waals surface area contributed by atoms with Crippen LogP contribution in [0.3, 0.4) is 0 Å². The van der Waals surface area contributed by atoms with Gasteiger partial charge in [-0.05, 0) is 26.5 Å². The quantitative estimate of drug-likeness (QED) is 0.691. The summed E-state index contributed by atoms with van der Waals surface area (Å²) in [4.78, 5) is 11.0. The highest BCUT2D eigenvalue weighted by molar-refractivity contribution is 7.99. The molecule has 0 amide bonds. The maximum atomic E-state index is 11.0. The second-order valence-corrected chi connectivity index (χ2v) is 4.85. The minimum Gasteiger partial charge on any atom is -0.480 e. The van der Waals surface area contributed by atoms with Gasteiger partial charge in [0.15, 0.2) is 0 Å². The van der Waals surface area contributed by atoms with Gasteiger partial charge in [-0.25, -0.2) is 0 Å². The number of carboxylic acids is 1. The van der Waals surface area contributed by atoms with Crippen LogP contribution in [-0.2, 0) is 4.79 Å². The lowest BCUT2D eigenvalue weighted by Gasteiger charge is -2.28. The lowest BCUT2D eigenvalue weighted by atomic mass is 10.1. The van der Waals surface area contributed by atoms with Crippen molar-refractivity contribution < 1.29 is 9.90 Å². The Morgan fingerprint density at radius 3 is 2.46 bits per heavy atom. The molecule has 0 aliphatic heterocycles. The lowest BCUT2D eigenvalue weighted by Crippen LogP contribution is -2.54. The van der Waals surface area contributed by atoms with Gasteiger partial charge in [0.1, 0.15) is 5.54 Å². The van der Waals surface area contributed by atoms with E-state index in [0.717, 1.165) is 5.75 Å². The van der Waals surface area contributed by atoms with Crippen molar-refractivity contribution in [1.82, 2.24) is 5.32 Å². The molecule has 0 saturated heterocycles. The molecule has 0 radical (unpaired) electrons. The summed E-state index contributed by atoms with van der Waals surface area (Å²) in [5, 5.41) is 12.1. The average molecular weight is 205 g/mol. The zero-order chi connectivity index (χ0) is 10.5. The van der Waals surface area contributed by atoms with Gasteiger partial charge in [0, 0.05) is 11.8 Å². The van der Waals surface area contributed by atoms with E-state index in [1.807, 2.05) is 20.8 Å². The Morgan fingerprint density at radius 2 is 2.15 bits per heavy atom. The molecule has 0 spiro atoms. The fourth-order valence-electron chi connectivity index (χ4n) is 1.11. The number of aliphatic carboxylic acids is 1. The van der Waals surface area contributed by atoms with E-state index in [0.29, 0.717) is 5.75 Å². The fourth-order valence-corrected chi connectivity index (χ4v) is 1.93. The van der Waals surface area contributed by atoms with Crippen LogP contribution in [0.25, 0.3) is 0 Å². The van der Waals surface area contributed by atoms with Crippen LogP contribution in [0.2, 0.25) is 0 Å². The standard InChI is InChI=1S/C9H19NO2S/c1-5-13-6-9(4,8(11)12)10-7(2)3/h7,10H,5-6H2,1-4H3,(H,11,12). The lowest BCUT2D eigenvalue weighted by molar-refractivity contribution is -0.143. The molecule has 13 heavy (non-hydrogen) atoms. The summed E-state index contributed by atoms with van der Waals surface area (Å²) < 4.78 is 0. The summed E-state index contributed by atoms with van der Waals surface area (Å²) >= 11 is 1.64. The molecule has 0 aliphatic carbocycles. The predicted molar refractivity (Wildman–Crippen MR) is 57.3 cm³/mol. The van der Waals surface area contributed by atoms with Crippen LogP contribution in [-0.4, -0.2) is 34.2 Å². The van der Waals surface area contributed by atoms with Crippen molar-refractivity contribution in [2.75, 3.05) is 11.5 Å². The number of hydrogen-bond acceptors (Lipinski definition) is 3. The number of carbonyl (C=O) groups is 1. The number of hydrogen-bond donors (Lipinski definition) is 2. The fraction of sp³-hybridized carbons (Fsp3) is 0.889. The summed E-state index contributed by atoms with van der Waals surface area (Å²) in [6.45, 7) is 7.68. The first-order valence-electron chi connectivity index (χ1n) is 4.51. The molecule has 0 bridgehead atoms. The first-order chi connectivity index (χ1) is 5.92. The van der Waals surface area contributed by atoms with Crippen molar-refractivity contribution >= 4 is 17.7 Å². The topological polar surface area (TPSA) is 49.3 Å². The van der Waals surface area contributed by atoms with E-state index in [1.165, 1.54) is 0 Å². The Morgan fingerprint density at radius 1 is 1.62 bits per heavy atom. The van der Waals surface area contributed by atoms with E-state index in [-0.39, 0.29) is 6.04 Å². The summed E-state index contributed by atoms with van der Waals surface area (Å²) in [6.07, 6.45) is 0. The molecule has 0 aromatic carbocycles. The van der Waals surface area contributed by atoms with Crippen LogP contribution in [0.1, 0.15) is 27.7 Å². The molecule has 0 fully saturated rings. The smallest absolute Gasteiger partial charge is 0.324 e. The highest BCUT2D eigenvalue weighted by Crippen LogP contribution is 2.14. The molecule has 78 valence electrons. The molecule has 0 aromatic rings. The third-order valence-corrected chi connectivity index (χ3v) is 2.86. The molecule has 1 unspecified atom stereocenters. The zero-order valence-electron chi connectivity index (χ0n) is 8.76. The van der Waals surface area contributed by atoms with Crippen LogP contribution >= 0.6 is 11.8 Å². The Bertz CT molecular complexity index is 173. The van der Waals surface area contributed by atoms with Crippen LogP contribution in [0, 0.1) is 0 Å². The molecule has 0 aliphatic rings. The van der Waals surface area contributed by atoms with Crippen LogP contribution in [0.4, 0.5) is 0 Å². The van der Waals surface area contributed by atoms with E-state index >= 15 is 0 Å². The van der Waals surface area contributed by atoms with Crippen LogP contribution in [0.15, 0.2) is 0 Å². The van der Waals surface area contributed by atoms with Crippen LogP contribution < -0.4 is 5.32 Å². The Hall–Kier alpha value is -0.220. The number of carboxylic acid groups (broad SMARTS) is 1. The van der Waals surface area contributed by atoms with Gasteiger partial charge in [0.2, 0.25) is 0 Å². The van der Waals surface area contributed by atoms with E-state index in [2.05, 4.69) is 5.32 Å². The zero-order valence-corrected chi connectivity index (χ0v) is 9.57. The molecule has 0 saturated carbocycles. The monoisotopic (exact) mass is 205 g/mol. The third kappa shape index (κ3) is 4.52. The van der Waals surface area contributed by atoms with Gasteiger partial charge in [0.05, 0.1) is 0 Å². The van der Waals surface area contributed by atoms with Gasteiger partial charge in [-0.1, -0.05) is 6.92 Å². The molecule has 3 nitrogen and oxygen atoms in total. The molecular weight excluding hydrogens is 186 g/mol. The second-order valence-electron chi connectivity index (χ2n) is 3.57. The van der Waals surface area contributed by atoms with Crippen molar-refractivity contribution in [3.63, 3.8) is 0 Å². The average Bonchev–Trinajstić information content (AvgIpc) is 1.99. The second kappa shape index (κ2) is 5.50. The molecule has 0 aromatic heterocycles. The van der Waals surface area contributed by atoms with Gasteiger partial charge in [-0.3, -0.25) is 10.1 Å². The summed E-state index contributed by atoms with van der Waals surface area (Å²) in [5.74, 6) is 0.779. The van der Waals surface area contributed by atoms with E-state index in [9.17, 15) is 4.79 Å². The molecule has 4 heteroatoms. The van der Waals surface area contributed by atoms with Gasteiger partial charge < -0.3 is 5.11 Å². The summed E-state index contributed by atoms with van der Waals surface area (Å²) in [7, 11) is 0. The molecule has 2 N–H and O–H groups in total. The SMILES string of the molecule is CCSCC(C)(NC(C)C)C(=O)O. The number of rotatable bonds is 6. The van der Waals surface area contributed by atoms with Crippen molar-refractivity contribution in [2.24, 2.45) is 0 Å². The first-order valence-corrected chi connectivity index (χ1v) is 5.66. The summed E-state index contributed by atoms with van der Waals surface area (Å²) in [5.41, 5.74) is -0.797. The Kier molecular flexibility index (Phi) is 5.40. The Labute approximate surface area is 84.3 Å². The molecular formula is C9H19NO2S. The van der Waals surface area contributed by atoms with Gasteiger partial charge >= 0.3 is 5.97 Å². The van der Waals surface area contributed by atoms with Crippen molar-refractivity contribution in [1.29, 1.82) is 0 Å². The minimum atomic E-state index is -0.797. The predicted octanol–water partition coefficient (Wildman–Crippen LogP) is 1.58. The third-order valence-electron chi connectivity index (χ3n) is 1.67. The van der Waals surface area contributed by atoms with Gasteiger partial charge in [-0.2, -0.15) is 11.8 Å². The van der Waals surface area contributed by atoms with E-state index < -0.39 is 11.5 Å². The normalized spacial score (nSPS) is 15.8. The number of nitrogens with one attached hydrogen (secondary N) is 1. The van der Waals surface area contributed by atoms with Crippen molar-refractivity contribution in [2.45, 2.75) is 39.3 Å². The largest absolute Gasteiger partial charge is 0.480 e. The van der Waals surface area contributed by atoms with Gasteiger partial charge in [0.25, 0.3) is 0 Å². The molecule has 0 heterocycles. The van der Waals surface area contributed by atoms with E-state index in [4.69, 9.17) is 5.11 Å². The van der Waals surface area contributed by atoms with Crippen molar-refractivity contribution in [3.05, 3.63) is 0 Å².